The van der Waals surface area contributed by atoms with Crippen molar-refractivity contribution < 1.29 is 14.7 Å². The van der Waals surface area contributed by atoms with E-state index in [-0.39, 0.29) is 17.2 Å². The molecule has 1 aliphatic heterocycles. The van der Waals surface area contributed by atoms with Gasteiger partial charge >= 0.3 is 5.97 Å². The first-order valence-electron chi connectivity index (χ1n) is 6.73. The second kappa shape index (κ2) is 7.14. The number of rotatable bonds is 6. The predicted octanol–water partition coefficient (Wildman–Crippen LogP) is 1.39. The molecule has 0 bridgehead atoms. The minimum absolute atomic E-state index is 0.0207. The fraction of sp³-hybridized carbons (Fsp3) is 0.846. The highest BCUT2D eigenvalue weighted by molar-refractivity contribution is 8.00. The van der Waals surface area contributed by atoms with E-state index in [1.807, 2.05) is 27.7 Å². The van der Waals surface area contributed by atoms with Crippen LogP contribution >= 0.6 is 11.8 Å². The van der Waals surface area contributed by atoms with Crippen LogP contribution in [0.25, 0.3) is 0 Å². The van der Waals surface area contributed by atoms with Crippen LogP contribution in [0.2, 0.25) is 0 Å². The summed E-state index contributed by atoms with van der Waals surface area (Å²) in [5.74, 6) is -0.219. The molecule has 1 amide bonds. The van der Waals surface area contributed by atoms with Gasteiger partial charge in [0.15, 0.2) is 0 Å². The van der Waals surface area contributed by atoms with Crippen molar-refractivity contribution in [3.05, 3.63) is 0 Å². The lowest BCUT2D eigenvalue weighted by molar-refractivity contribution is -0.149. The van der Waals surface area contributed by atoms with Gasteiger partial charge in [0.2, 0.25) is 5.91 Å². The molecule has 0 aromatic carbocycles. The molecule has 110 valence electrons. The zero-order valence-corrected chi connectivity index (χ0v) is 12.9. The third-order valence-corrected chi connectivity index (χ3v) is 4.69. The van der Waals surface area contributed by atoms with Crippen molar-refractivity contribution in [3.63, 3.8) is 0 Å². The van der Waals surface area contributed by atoms with Crippen LogP contribution in [0.3, 0.4) is 0 Å². The van der Waals surface area contributed by atoms with Crippen LogP contribution in [0, 0.1) is 5.92 Å². The number of thioether (sulfide) groups is 1. The van der Waals surface area contributed by atoms with E-state index < -0.39 is 12.0 Å². The van der Waals surface area contributed by atoms with Gasteiger partial charge in [-0.25, -0.2) is 4.79 Å². The van der Waals surface area contributed by atoms with Gasteiger partial charge in [-0.3, -0.25) is 4.79 Å². The Kier molecular flexibility index (Phi) is 6.13. The molecule has 1 rings (SSSR count). The Bertz CT molecular complexity index is 334. The second-order valence-corrected chi connectivity index (χ2v) is 6.63. The highest BCUT2D eigenvalue weighted by atomic mass is 32.2. The summed E-state index contributed by atoms with van der Waals surface area (Å²) >= 11 is 1.57. The first-order valence-corrected chi connectivity index (χ1v) is 7.78. The number of aliphatic carboxylic acids is 1. The topological polar surface area (TPSA) is 69.6 Å². The Morgan fingerprint density at radius 2 is 2.00 bits per heavy atom. The van der Waals surface area contributed by atoms with Crippen molar-refractivity contribution in [2.24, 2.45) is 5.92 Å². The normalized spacial score (nSPS) is 23.4. The Morgan fingerprint density at radius 3 is 2.47 bits per heavy atom. The highest BCUT2D eigenvalue weighted by Crippen LogP contribution is 2.34. The van der Waals surface area contributed by atoms with Gasteiger partial charge in [-0.05, 0) is 5.92 Å². The third-order valence-electron chi connectivity index (χ3n) is 3.07. The molecule has 6 heteroatoms. The van der Waals surface area contributed by atoms with Gasteiger partial charge in [-0.1, -0.05) is 27.7 Å². The fourth-order valence-corrected chi connectivity index (χ4v) is 3.64. The van der Waals surface area contributed by atoms with E-state index in [0.717, 1.165) is 0 Å². The van der Waals surface area contributed by atoms with E-state index in [1.54, 1.807) is 16.7 Å². The smallest absolute Gasteiger partial charge is 0.327 e. The Labute approximate surface area is 119 Å². The summed E-state index contributed by atoms with van der Waals surface area (Å²) in [4.78, 5) is 25.1. The van der Waals surface area contributed by atoms with Crippen LogP contribution in [-0.4, -0.2) is 51.6 Å². The van der Waals surface area contributed by atoms with E-state index in [4.69, 9.17) is 0 Å². The molecule has 1 fully saturated rings. The molecule has 0 aliphatic carbocycles. The summed E-state index contributed by atoms with van der Waals surface area (Å²) in [5.41, 5.74) is 0. The molecule has 2 N–H and O–H groups in total. The van der Waals surface area contributed by atoms with Crippen LogP contribution in [0.4, 0.5) is 0 Å². The molecule has 2 atom stereocenters. The number of carboxylic acid groups (broad SMARTS) is 1. The van der Waals surface area contributed by atoms with Crippen LogP contribution in [-0.2, 0) is 9.59 Å². The van der Waals surface area contributed by atoms with E-state index in [9.17, 15) is 14.7 Å². The summed E-state index contributed by atoms with van der Waals surface area (Å²) < 4.78 is 0. The largest absolute Gasteiger partial charge is 0.480 e. The van der Waals surface area contributed by atoms with Crippen molar-refractivity contribution in [2.75, 3.05) is 12.3 Å². The number of nitrogens with one attached hydrogen (secondary N) is 1. The monoisotopic (exact) mass is 288 g/mol. The highest BCUT2D eigenvalue weighted by Gasteiger charge is 2.42. The molecule has 2 unspecified atom stereocenters. The zero-order valence-electron chi connectivity index (χ0n) is 12.0. The van der Waals surface area contributed by atoms with Gasteiger partial charge in [0.05, 0.1) is 5.37 Å². The van der Waals surface area contributed by atoms with E-state index in [0.29, 0.717) is 24.8 Å². The molecule has 0 aromatic heterocycles. The molecule has 0 saturated carbocycles. The molecular weight excluding hydrogens is 264 g/mol. The van der Waals surface area contributed by atoms with Gasteiger partial charge in [-0.2, -0.15) is 0 Å². The van der Waals surface area contributed by atoms with Gasteiger partial charge in [-0.15, -0.1) is 11.8 Å². The summed E-state index contributed by atoms with van der Waals surface area (Å²) in [6.07, 6.45) is 0.353. The number of hydrogen-bond donors (Lipinski definition) is 2. The summed E-state index contributed by atoms with van der Waals surface area (Å²) in [5, 5.41) is 12.4. The maximum atomic E-state index is 12.3. The Hall–Kier alpha value is -0.750. The zero-order chi connectivity index (χ0) is 14.6. The van der Waals surface area contributed by atoms with Gasteiger partial charge < -0.3 is 15.3 Å². The van der Waals surface area contributed by atoms with Crippen LogP contribution in [0.5, 0.6) is 0 Å². The SMILES string of the molecule is CC(C)NCCC(=O)N1C(C(=O)O)CSC1C(C)C. The first-order chi connectivity index (χ1) is 8.84. The van der Waals surface area contributed by atoms with Gasteiger partial charge in [0.1, 0.15) is 6.04 Å². The van der Waals surface area contributed by atoms with E-state index in [2.05, 4.69) is 5.32 Å². The second-order valence-electron chi connectivity index (χ2n) is 5.48. The minimum atomic E-state index is -0.902. The van der Waals surface area contributed by atoms with Crippen molar-refractivity contribution in [1.29, 1.82) is 0 Å². The number of carbonyl (C=O) groups excluding carboxylic acids is 1. The molecule has 1 aliphatic rings. The Balaban J connectivity index is 2.67. The number of carboxylic acids is 1. The van der Waals surface area contributed by atoms with Gasteiger partial charge in [0.25, 0.3) is 0 Å². The number of amides is 1. The molecule has 19 heavy (non-hydrogen) atoms. The number of hydrogen-bond acceptors (Lipinski definition) is 4. The molecule has 1 heterocycles. The number of nitrogens with zero attached hydrogens (tertiary/aromatic N) is 1. The lowest BCUT2D eigenvalue weighted by Gasteiger charge is -2.30. The van der Waals surface area contributed by atoms with E-state index in [1.165, 1.54) is 0 Å². The summed E-state index contributed by atoms with van der Waals surface area (Å²) in [7, 11) is 0. The maximum Gasteiger partial charge on any atom is 0.327 e. The minimum Gasteiger partial charge on any atom is -0.480 e. The molecule has 0 aromatic rings. The standard InChI is InChI=1S/C13H24N2O3S/c1-8(2)12-15(10(7-19-12)13(17)18)11(16)5-6-14-9(3)4/h8-10,12,14H,5-7H2,1-4H3,(H,17,18). The van der Waals surface area contributed by atoms with Crippen LogP contribution < -0.4 is 5.32 Å². The summed E-state index contributed by atoms with van der Waals surface area (Å²) in [6.45, 7) is 8.68. The van der Waals surface area contributed by atoms with Crippen molar-refractivity contribution >= 4 is 23.6 Å². The Morgan fingerprint density at radius 1 is 1.37 bits per heavy atom. The molecule has 0 spiro atoms. The first kappa shape index (κ1) is 16.3. The van der Waals surface area contributed by atoms with Crippen molar-refractivity contribution in [1.82, 2.24) is 10.2 Å². The molecule has 1 saturated heterocycles. The average Bonchev–Trinajstić information content (AvgIpc) is 2.72. The third kappa shape index (κ3) is 4.38. The lowest BCUT2D eigenvalue weighted by atomic mass is 10.1. The van der Waals surface area contributed by atoms with Crippen molar-refractivity contribution in [2.45, 2.75) is 51.6 Å². The van der Waals surface area contributed by atoms with Crippen LogP contribution in [0.15, 0.2) is 0 Å². The van der Waals surface area contributed by atoms with Crippen molar-refractivity contribution in [3.8, 4) is 0 Å². The lowest BCUT2D eigenvalue weighted by Crippen LogP contribution is -2.47. The summed E-state index contributed by atoms with van der Waals surface area (Å²) in [6, 6.07) is -0.346. The predicted molar refractivity (Wildman–Crippen MR) is 77.1 cm³/mol. The average molecular weight is 288 g/mol. The number of carbonyl (C=O) groups is 2. The van der Waals surface area contributed by atoms with E-state index >= 15 is 0 Å². The molecule has 0 radical (unpaired) electrons. The molecule has 5 nitrogen and oxygen atoms in total. The fourth-order valence-electron chi connectivity index (χ4n) is 2.14. The molecular formula is C13H24N2O3S. The van der Waals surface area contributed by atoms with Gasteiger partial charge in [0, 0.05) is 24.8 Å². The van der Waals surface area contributed by atoms with Crippen LogP contribution in [0.1, 0.15) is 34.1 Å². The maximum absolute atomic E-state index is 12.3. The quantitative estimate of drug-likeness (QED) is 0.773.